The van der Waals surface area contributed by atoms with Gasteiger partial charge in [-0.15, -0.1) is 0 Å². The highest BCUT2D eigenvalue weighted by atomic mass is 35.5. The molecule has 27 heavy (non-hydrogen) atoms. The number of thiocarbonyl (C=S) groups is 1. The summed E-state index contributed by atoms with van der Waals surface area (Å²) >= 11 is 18.0. The summed E-state index contributed by atoms with van der Waals surface area (Å²) in [6.45, 7) is 0. The first-order valence-corrected chi connectivity index (χ1v) is 9.57. The minimum absolute atomic E-state index is 0.132. The van der Waals surface area contributed by atoms with Crippen LogP contribution in [0.3, 0.4) is 0 Å². The van der Waals surface area contributed by atoms with Gasteiger partial charge >= 0.3 is 0 Å². The smallest absolute Gasteiger partial charge is 0.267 e. The van der Waals surface area contributed by atoms with Crippen molar-refractivity contribution in [3.05, 3.63) is 68.5 Å². The van der Waals surface area contributed by atoms with E-state index >= 15 is 0 Å². The van der Waals surface area contributed by atoms with Gasteiger partial charge in [0.2, 0.25) is 0 Å². The molecule has 2 aromatic carbocycles. The highest BCUT2D eigenvalue weighted by Crippen LogP contribution is 2.43. The number of amides is 3. The Morgan fingerprint density at radius 3 is 2.52 bits per heavy atom. The molecule has 0 unspecified atom stereocenters. The molecule has 2 aliphatic heterocycles. The lowest BCUT2D eigenvalue weighted by Crippen LogP contribution is -2.34. The highest BCUT2D eigenvalue weighted by molar-refractivity contribution is 8.27. The third-order valence-corrected chi connectivity index (χ3v) is 5.82. The van der Waals surface area contributed by atoms with E-state index in [1.165, 1.54) is 18.2 Å². The van der Waals surface area contributed by atoms with E-state index in [2.05, 4.69) is 5.32 Å². The number of halogens is 2. The lowest BCUT2D eigenvalue weighted by molar-refractivity contribution is -0.116. The van der Waals surface area contributed by atoms with Crippen molar-refractivity contribution in [2.45, 2.75) is 0 Å². The van der Waals surface area contributed by atoms with Gasteiger partial charge in [0, 0.05) is 10.6 Å². The van der Waals surface area contributed by atoms with Gasteiger partial charge < -0.3 is 5.32 Å². The Labute approximate surface area is 173 Å². The lowest BCUT2D eigenvalue weighted by Gasteiger charge is -2.16. The first-order valence-electron chi connectivity index (χ1n) is 7.59. The summed E-state index contributed by atoms with van der Waals surface area (Å²) in [6.07, 6.45) is 0. The molecule has 0 aliphatic carbocycles. The van der Waals surface area contributed by atoms with E-state index in [4.69, 9.17) is 35.4 Å². The molecule has 2 heterocycles. The number of imide groups is 1. The van der Waals surface area contributed by atoms with Crippen LogP contribution in [-0.4, -0.2) is 22.0 Å². The van der Waals surface area contributed by atoms with Crippen LogP contribution in [0.1, 0.15) is 15.9 Å². The standard InChI is InChI=1S/C18H8Cl2N2O3S2/c19-8-5-6-9(11(20)7-8)16(24)22-12-4-2-1-3-10(12)13(17(22)25)14-15(23)21-18(26)27-14/h1-7H,(H,21,23,26). The van der Waals surface area contributed by atoms with Gasteiger partial charge in [-0.1, -0.05) is 65.4 Å². The molecule has 0 aromatic heterocycles. The zero-order chi connectivity index (χ0) is 19.3. The molecule has 9 heteroatoms. The summed E-state index contributed by atoms with van der Waals surface area (Å²) in [5.41, 5.74) is 1.15. The third kappa shape index (κ3) is 2.96. The van der Waals surface area contributed by atoms with Gasteiger partial charge in [-0.05, 0) is 24.3 Å². The zero-order valence-electron chi connectivity index (χ0n) is 13.3. The quantitative estimate of drug-likeness (QED) is 0.416. The van der Waals surface area contributed by atoms with Crippen LogP contribution in [0, 0.1) is 0 Å². The van der Waals surface area contributed by atoms with Crippen molar-refractivity contribution in [3.8, 4) is 0 Å². The summed E-state index contributed by atoms with van der Waals surface area (Å²) in [4.78, 5) is 39.6. The monoisotopic (exact) mass is 434 g/mol. The number of fused-ring (bicyclic) bond motifs is 1. The van der Waals surface area contributed by atoms with Crippen molar-refractivity contribution in [1.29, 1.82) is 0 Å². The van der Waals surface area contributed by atoms with Crippen LogP contribution < -0.4 is 10.2 Å². The molecule has 0 radical (unpaired) electrons. The van der Waals surface area contributed by atoms with Crippen LogP contribution >= 0.6 is 47.2 Å². The number of hydrogen-bond acceptors (Lipinski definition) is 5. The number of carbonyl (C=O) groups is 3. The van der Waals surface area contributed by atoms with Gasteiger partial charge in [-0.2, -0.15) is 0 Å². The molecule has 2 aliphatic rings. The fraction of sp³-hybridized carbons (Fsp3) is 0. The van der Waals surface area contributed by atoms with Crippen LogP contribution in [0.25, 0.3) is 5.57 Å². The fourth-order valence-corrected chi connectivity index (χ4v) is 4.50. The van der Waals surface area contributed by atoms with Crippen LogP contribution in [0.4, 0.5) is 5.69 Å². The second-order valence-corrected chi connectivity index (χ2v) is 8.17. The van der Waals surface area contributed by atoms with E-state index in [9.17, 15) is 14.4 Å². The Morgan fingerprint density at radius 2 is 1.85 bits per heavy atom. The predicted octanol–water partition coefficient (Wildman–Crippen LogP) is 4.04. The number of rotatable bonds is 1. The van der Waals surface area contributed by atoms with Crippen molar-refractivity contribution < 1.29 is 14.4 Å². The van der Waals surface area contributed by atoms with Crippen molar-refractivity contribution in [2.75, 3.05) is 4.90 Å². The van der Waals surface area contributed by atoms with E-state index < -0.39 is 17.7 Å². The second-order valence-electron chi connectivity index (χ2n) is 5.63. The topological polar surface area (TPSA) is 66.5 Å². The summed E-state index contributed by atoms with van der Waals surface area (Å²) in [5.74, 6) is -1.66. The molecule has 0 bridgehead atoms. The second kappa shape index (κ2) is 6.76. The Balaban J connectivity index is 1.87. The van der Waals surface area contributed by atoms with Gasteiger partial charge in [0.15, 0.2) is 0 Å². The molecule has 5 nitrogen and oxygen atoms in total. The highest BCUT2D eigenvalue weighted by Gasteiger charge is 2.42. The van der Waals surface area contributed by atoms with E-state index in [0.29, 0.717) is 16.3 Å². The van der Waals surface area contributed by atoms with Crippen molar-refractivity contribution in [2.24, 2.45) is 0 Å². The maximum atomic E-state index is 13.1. The number of nitrogens with zero attached hydrogens (tertiary/aromatic N) is 1. The molecule has 2 aromatic rings. The number of para-hydroxylation sites is 1. The number of hydrogen-bond donors (Lipinski definition) is 1. The van der Waals surface area contributed by atoms with E-state index in [0.717, 1.165) is 16.7 Å². The normalized spacial score (nSPS) is 18.7. The van der Waals surface area contributed by atoms with Gasteiger partial charge in [-0.25, -0.2) is 4.90 Å². The molecule has 3 amide bonds. The van der Waals surface area contributed by atoms with Gasteiger partial charge in [0.1, 0.15) is 4.32 Å². The number of thioether (sulfide) groups is 1. The zero-order valence-corrected chi connectivity index (χ0v) is 16.4. The molecular formula is C18H8Cl2N2O3S2. The first-order chi connectivity index (χ1) is 12.9. The predicted molar refractivity (Wildman–Crippen MR) is 110 cm³/mol. The van der Waals surface area contributed by atoms with Crippen LogP contribution in [-0.2, 0) is 9.59 Å². The SMILES string of the molecule is O=C1NC(=S)SC1=C1C(=O)N(C(=O)c2ccc(Cl)cc2Cl)c2ccccc21. The van der Waals surface area contributed by atoms with Crippen molar-refractivity contribution >= 4 is 80.5 Å². The average molecular weight is 435 g/mol. The number of anilines is 1. The molecular weight excluding hydrogens is 427 g/mol. The van der Waals surface area contributed by atoms with E-state index in [1.54, 1.807) is 24.3 Å². The first kappa shape index (κ1) is 18.2. The fourth-order valence-electron chi connectivity index (χ4n) is 2.90. The molecule has 4 rings (SSSR count). The molecule has 134 valence electrons. The van der Waals surface area contributed by atoms with Crippen LogP contribution in [0.5, 0.6) is 0 Å². The van der Waals surface area contributed by atoms with Crippen LogP contribution in [0.2, 0.25) is 10.0 Å². The Morgan fingerprint density at radius 1 is 1.11 bits per heavy atom. The molecule has 0 spiro atoms. The molecule has 1 N–H and O–H groups in total. The third-order valence-electron chi connectivity index (χ3n) is 4.04. The summed E-state index contributed by atoms with van der Waals surface area (Å²) in [5, 5.41) is 3.00. The van der Waals surface area contributed by atoms with Crippen molar-refractivity contribution in [3.63, 3.8) is 0 Å². The van der Waals surface area contributed by atoms with Crippen LogP contribution in [0.15, 0.2) is 47.4 Å². The Bertz CT molecular complexity index is 1100. The molecule has 1 fully saturated rings. The van der Waals surface area contributed by atoms with Gasteiger partial charge in [0.25, 0.3) is 17.7 Å². The van der Waals surface area contributed by atoms with E-state index in [-0.39, 0.29) is 25.4 Å². The minimum Gasteiger partial charge on any atom is -0.307 e. The summed E-state index contributed by atoms with van der Waals surface area (Å²) in [6, 6.07) is 11.2. The van der Waals surface area contributed by atoms with E-state index in [1.807, 2.05) is 0 Å². The number of nitrogens with one attached hydrogen (secondary N) is 1. The lowest BCUT2D eigenvalue weighted by atomic mass is 10.1. The maximum absolute atomic E-state index is 13.1. The summed E-state index contributed by atoms with van der Waals surface area (Å²) < 4.78 is 0.262. The number of carbonyl (C=O) groups excluding carboxylic acids is 3. The Kier molecular flexibility index (Phi) is 4.55. The number of benzene rings is 2. The average Bonchev–Trinajstić information content (AvgIpc) is 3.09. The van der Waals surface area contributed by atoms with Gasteiger partial charge in [-0.3, -0.25) is 14.4 Å². The molecule has 0 atom stereocenters. The maximum Gasteiger partial charge on any atom is 0.267 e. The van der Waals surface area contributed by atoms with Gasteiger partial charge in [0.05, 0.1) is 26.8 Å². The molecule has 0 saturated carbocycles. The van der Waals surface area contributed by atoms with Crippen molar-refractivity contribution in [1.82, 2.24) is 5.32 Å². The summed E-state index contributed by atoms with van der Waals surface area (Å²) in [7, 11) is 0. The molecule has 1 saturated heterocycles. The Hall–Kier alpha value is -2.19. The largest absolute Gasteiger partial charge is 0.307 e. The minimum atomic E-state index is -0.602.